The Balaban J connectivity index is 1.68. The Morgan fingerprint density at radius 3 is 2.83 bits per heavy atom. The van der Waals surface area contributed by atoms with E-state index in [1.807, 2.05) is 11.8 Å². The number of aliphatic hydroxyl groups is 1. The normalized spacial score (nSPS) is 20.7. The predicted molar refractivity (Wildman–Crippen MR) is 84.0 cm³/mol. The van der Waals surface area contributed by atoms with Gasteiger partial charge in [-0.25, -0.2) is 9.97 Å². The van der Waals surface area contributed by atoms with Gasteiger partial charge in [-0.15, -0.1) is 0 Å². The van der Waals surface area contributed by atoms with Crippen LogP contribution in [0.3, 0.4) is 0 Å². The van der Waals surface area contributed by atoms with Gasteiger partial charge >= 0.3 is 0 Å². The van der Waals surface area contributed by atoms with E-state index in [4.69, 9.17) is 0 Å². The molecule has 0 aromatic carbocycles. The molecule has 23 heavy (non-hydrogen) atoms. The van der Waals surface area contributed by atoms with Gasteiger partial charge in [0, 0.05) is 50.7 Å². The van der Waals surface area contributed by atoms with Crippen molar-refractivity contribution in [1.82, 2.24) is 25.1 Å². The molecule has 3 rings (SSSR count). The summed E-state index contributed by atoms with van der Waals surface area (Å²) in [6.45, 7) is 3.85. The number of aliphatic hydroxyl groups excluding tert-OH is 1. The topological polar surface area (TPSA) is 96.2 Å². The van der Waals surface area contributed by atoms with Crippen molar-refractivity contribution in [2.45, 2.75) is 19.5 Å². The molecule has 2 atom stereocenters. The minimum Gasteiger partial charge on any atom is -0.396 e. The van der Waals surface area contributed by atoms with Crippen molar-refractivity contribution >= 4 is 11.9 Å². The number of nitrogens with zero attached hydrogens (tertiary/aromatic N) is 5. The molecule has 1 saturated heterocycles. The summed E-state index contributed by atoms with van der Waals surface area (Å²) in [5, 5.41) is 16.8. The van der Waals surface area contributed by atoms with Crippen LogP contribution in [0.5, 0.6) is 0 Å². The van der Waals surface area contributed by atoms with Crippen LogP contribution >= 0.6 is 0 Å². The fraction of sp³-hybridized carbons (Fsp3) is 0.467. The van der Waals surface area contributed by atoms with E-state index >= 15 is 0 Å². The molecule has 2 aromatic heterocycles. The molecule has 0 aliphatic carbocycles. The minimum absolute atomic E-state index is 0.00230. The lowest BCUT2D eigenvalue weighted by atomic mass is 10.1. The largest absolute Gasteiger partial charge is 0.396 e. The van der Waals surface area contributed by atoms with Crippen molar-refractivity contribution in [2.75, 3.05) is 24.6 Å². The first-order valence-electron chi connectivity index (χ1n) is 7.68. The van der Waals surface area contributed by atoms with Crippen molar-refractivity contribution in [2.24, 2.45) is 5.92 Å². The van der Waals surface area contributed by atoms with Gasteiger partial charge in [0.15, 0.2) is 0 Å². The highest BCUT2D eigenvalue weighted by Gasteiger charge is 2.35. The number of hydrogen-bond acceptors (Lipinski definition) is 6. The van der Waals surface area contributed by atoms with Crippen LogP contribution in [0.1, 0.15) is 17.4 Å². The first-order chi connectivity index (χ1) is 11.2. The van der Waals surface area contributed by atoms with E-state index in [0.29, 0.717) is 24.7 Å². The third-order valence-electron chi connectivity index (χ3n) is 4.02. The van der Waals surface area contributed by atoms with Crippen molar-refractivity contribution in [3.63, 3.8) is 0 Å². The molecule has 2 aromatic rings. The van der Waals surface area contributed by atoms with Gasteiger partial charge in [-0.05, 0) is 19.1 Å². The van der Waals surface area contributed by atoms with Gasteiger partial charge < -0.3 is 15.3 Å². The molecule has 1 aliphatic heterocycles. The van der Waals surface area contributed by atoms with Gasteiger partial charge in [-0.1, -0.05) is 0 Å². The van der Waals surface area contributed by atoms with E-state index in [9.17, 15) is 9.90 Å². The monoisotopic (exact) mass is 316 g/mol. The maximum atomic E-state index is 12.3. The van der Waals surface area contributed by atoms with Crippen LogP contribution in [-0.2, 0) is 6.54 Å². The summed E-state index contributed by atoms with van der Waals surface area (Å²) in [6, 6.07) is 3.29. The van der Waals surface area contributed by atoms with Gasteiger partial charge in [0.05, 0.1) is 6.04 Å². The second kappa shape index (κ2) is 6.74. The first-order valence-corrected chi connectivity index (χ1v) is 7.68. The van der Waals surface area contributed by atoms with Crippen molar-refractivity contribution in [1.29, 1.82) is 0 Å². The van der Waals surface area contributed by atoms with Crippen molar-refractivity contribution < 1.29 is 9.90 Å². The van der Waals surface area contributed by atoms with E-state index in [1.165, 1.54) is 0 Å². The van der Waals surface area contributed by atoms with Crippen molar-refractivity contribution in [3.8, 4) is 0 Å². The zero-order valence-electron chi connectivity index (χ0n) is 13.0. The third-order valence-corrected chi connectivity index (χ3v) is 4.02. The molecule has 8 heteroatoms. The molecule has 0 unspecified atom stereocenters. The summed E-state index contributed by atoms with van der Waals surface area (Å²) < 4.78 is 1.71. The first kappa shape index (κ1) is 15.4. The number of aryl methyl sites for hydroxylation is 1. The number of carbonyl (C=O) groups is 1. The Labute approximate surface area is 134 Å². The molecule has 0 saturated carbocycles. The van der Waals surface area contributed by atoms with E-state index in [1.54, 1.807) is 35.4 Å². The van der Waals surface area contributed by atoms with E-state index < -0.39 is 0 Å². The summed E-state index contributed by atoms with van der Waals surface area (Å²) in [4.78, 5) is 22.7. The number of carbonyl (C=O) groups excluding carboxylic acids is 1. The lowest BCUT2D eigenvalue weighted by molar-refractivity contribution is 0.0915. The summed E-state index contributed by atoms with van der Waals surface area (Å²) in [7, 11) is 0. The van der Waals surface area contributed by atoms with E-state index in [-0.39, 0.29) is 24.5 Å². The Hall–Kier alpha value is -2.48. The van der Waals surface area contributed by atoms with Gasteiger partial charge in [0.1, 0.15) is 5.69 Å². The fourth-order valence-corrected chi connectivity index (χ4v) is 2.74. The number of anilines is 1. The molecule has 3 heterocycles. The minimum atomic E-state index is -0.225. The van der Waals surface area contributed by atoms with Crippen LogP contribution < -0.4 is 10.2 Å². The summed E-state index contributed by atoms with van der Waals surface area (Å²) in [5.74, 6) is 0.324. The maximum absolute atomic E-state index is 12.3. The molecule has 1 fully saturated rings. The Morgan fingerprint density at radius 1 is 1.39 bits per heavy atom. The number of aromatic nitrogens is 4. The zero-order chi connectivity index (χ0) is 16.2. The molecule has 1 aliphatic rings. The highest BCUT2D eigenvalue weighted by Crippen LogP contribution is 2.20. The number of rotatable bonds is 5. The molecule has 0 bridgehead atoms. The fourth-order valence-electron chi connectivity index (χ4n) is 2.74. The molecule has 0 spiro atoms. The summed E-state index contributed by atoms with van der Waals surface area (Å²) in [5.41, 5.74) is 0.387. The van der Waals surface area contributed by atoms with Crippen LogP contribution in [-0.4, -0.2) is 56.5 Å². The van der Waals surface area contributed by atoms with Crippen LogP contribution in [0.2, 0.25) is 0 Å². The Morgan fingerprint density at radius 2 is 2.17 bits per heavy atom. The van der Waals surface area contributed by atoms with Crippen molar-refractivity contribution in [3.05, 3.63) is 36.4 Å². The quantitative estimate of drug-likeness (QED) is 0.801. The second-order valence-corrected chi connectivity index (χ2v) is 5.53. The number of amides is 1. The van der Waals surface area contributed by atoms with E-state index in [0.717, 1.165) is 6.54 Å². The predicted octanol–water partition coefficient (Wildman–Crippen LogP) is -0.0799. The molecule has 122 valence electrons. The standard InChI is InChI=1S/C15H20N6O2/c1-2-21-7-4-12(19-21)14(23)18-13-9-20(8-11(13)10-22)15-16-5-3-6-17-15/h3-7,11,13,22H,2,8-10H2,1H3,(H,18,23)/t11-,13+/m0/s1. The lowest BCUT2D eigenvalue weighted by Crippen LogP contribution is -2.41. The Kier molecular flexibility index (Phi) is 4.52. The van der Waals surface area contributed by atoms with Gasteiger partial charge in [-0.3, -0.25) is 9.48 Å². The van der Waals surface area contributed by atoms with Gasteiger partial charge in [0.25, 0.3) is 5.91 Å². The molecule has 2 N–H and O–H groups in total. The number of hydrogen-bond donors (Lipinski definition) is 2. The van der Waals surface area contributed by atoms with Crippen LogP contribution in [0.4, 0.5) is 5.95 Å². The molecular formula is C15H20N6O2. The SMILES string of the molecule is CCn1ccc(C(=O)N[C@@H]2CN(c3ncccn3)C[C@H]2CO)n1. The maximum Gasteiger partial charge on any atom is 0.272 e. The zero-order valence-corrected chi connectivity index (χ0v) is 13.0. The van der Waals surface area contributed by atoms with Crippen LogP contribution in [0.25, 0.3) is 0 Å². The highest BCUT2D eigenvalue weighted by atomic mass is 16.3. The van der Waals surface area contributed by atoms with Gasteiger partial charge in [0.2, 0.25) is 5.95 Å². The smallest absolute Gasteiger partial charge is 0.272 e. The summed E-state index contributed by atoms with van der Waals surface area (Å²) in [6.07, 6.45) is 5.14. The van der Waals surface area contributed by atoms with Crippen LogP contribution in [0.15, 0.2) is 30.7 Å². The molecule has 0 radical (unpaired) electrons. The molecule has 8 nitrogen and oxygen atoms in total. The number of nitrogens with one attached hydrogen (secondary N) is 1. The Bertz CT molecular complexity index is 659. The third kappa shape index (κ3) is 3.31. The highest BCUT2D eigenvalue weighted by molar-refractivity contribution is 5.92. The molecule has 1 amide bonds. The molecular weight excluding hydrogens is 296 g/mol. The average Bonchev–Trinajstić information content (AvgIpc) is 3.22. The van der Waals surface area contributed by atoms with E-state index in [2.05, 4.69) is 20.4 Å². The average molecular weight is 316 g/mol. The lowest BCUT2D eigenvalue weighted by Gasteiger charge is -2.17. The van der Waals surface area contributed by atoms with Gasteiger partial charge in [-0.2, -0.15) is 5.10 Å². The summed E-state index contributed by atoms with van der Waals surface area (Å²) >= 11 is 0. The second-order valence-electron chi connectivity index (χ2n) is 5.53. The van der Waals surface area contributed by atoms with Crippen LogP contribution in [0, 0.1) is 5.92 Å².